The molecule has 0 atom stereocenters. The molecule has 0 radical (unpaired) electrons. The number of benzene rings is 1. The summed E-state index contributed by atoms with van der Waals surface area (Å²) in [6.07, 6.45) is 1.22. The van der Waals surface area contributed by atoms with Crippen LogP contribution in [0.25, 0.3) is 11.5 Å². The van der Waals surface area contributed by atoms with Crippen LogP contribution in [0.15, 0.2) is 46.2 Å². The summed E-state index contributed by atoms with van der Waals surface area (Å²) in [5, 5.41) is 0. The summed E-state index contributed by atoms with van der Waals surface area (Å²) < 4.78 is 25.3. The highest BCUT2D eigenvalue weighted by atomic mass is 16.5. The molecule has 0 fully saturated rings. The second kappa shape index (κ2) is 9.23. The van der Waals surface area contributed by atoms with Gasteiger partial charge in [-0.15, -0.1) is 0 Å². The first-order valence-electron chi connectivity index (χ1n) is 8.98. The number of nitrogens with zero attached hydrogens (tertiary/aromatic N) is 2. The lowest BCUT2D eigenvalue weighted by Gasteiger charge is -2.31. The van der Waals surface area contributed by atoms with Crippen molar-refractivity contribution >= 4 is 23.6 Å². The van der Waals surface area contributed by atoms with Gasteiger partial charge in [-0.2, -0.15) is 0 Å². The van der Waals surface area contributed by atoms with Crippen molar-refractivity contribution < 1.29 is 37.7 Å². The fourth-order valence-electron chi connectivity index (χ4n) is 2.84. The van der Waals surface area contributed by atoms with Crippen molar-refractivity contribution in [3.8, 4) is 11.5 Å². The first-order chi connectivity index (χ1) is 14.5. The number of hydrogen-bond donors (Lipinski definition) is 0. The van der Waals surface area contributed by atoms with E-state index in [0.29, 0.717) is 11.3 Å². The maximum absolute atomic E-state index is 12.3. The highest BCUT2D eigenvalue weighted by Crippen LogP contribution is 2.29. The molecule has 0 bridgehead atoms. The van der Waals surface area contributed by atoms with Gasteiger partial charge in [-0.3, -0.25) is 0 Å². The lowest BCUT2D eigenvalue weighted by Crippen LogP contribution is -2.38. The number of carbonyl (C=O) groups excluding carboxylic acids is 3. The van der Waals surface area contributed by atoms with Crippen LogP contribution in [0.1, 0.15) is 17.4 Å². The SMILES string of the molecule is CCOC(=O)c1coc(-c2ccc(N3COCC(C(=O)OC)=C3C(=O)OC)cc2)n1. The fraction of sp³-hybridized carbons (Fsp3) is 0.300. The topological polar surface area (TPSA) is 117 Å². The number of aromatic nitrogens is 1. The number of ether oxygens (including phenoxy) is 4. The molecule has 0 aliphatic carbocycles. The predicted octanol–water partition coefficient (Wildman–Crippen LogP) is 1.91. The molecule has 0 amide bonds. The highest BCUT2D eigenvalue weighted by molar-refractivity contribution is 6.03. The van der Waals surface area contributed by atoms with E-state index in [-0.39, 0.29) is 42.8 Å². The van der Waals surface area contributed by atoms with E-state index in [1.807, 2.05) is 0 Å². The molecule has 158 valence electrons. The van der Waals surface area contributed by atoms with Gasteiger partial charge in [-0.25, -0.2) is 19.4 Å². The zero-order valence-electron chi connectivity index (χ0n) is 16.7. The zero-order chi connectivity index (χ0) is 21.7. The normalized spacial score (nSPS) is 13.8. The number of methoxy groups -OCH3 is 2. The molecule has 0 spiro atoms. The molecule has 10 nitrogen and oxygen atoms in total. The minimum atomic E-state index is -0.686. The molecule has 30 heavy (non-hydrogen) atoms. The molecule has 10 heteroatoms. The van der Waals surface area contributed by atoms with Gasteiger partial charge >= 0.3 is 17.9 Å². The third kappa shape index (κ3) is 4.18. The van der Waals surface area contributed by atoms with Crippen LogP contribution in [0, 0.1) is 0 Å². The summed E-state index contributed by atoms with van der Waals surface area (Å²) in [4.78, 5) is 41.8. The monoisotopic (exact) mass is 416 g/mol. The third-order valence-electron chi connectivity index (χ3n) is 4.25. The van der Waals surface area contributed by atoms with Gasteiger partial charge in [0.05, 0.1) is 33.0 Å². The van der Waals surface area contributed by atoms with Crippen molar-refractivity contribution in [3.05, 3.63) is 47.5 Å². The molecule has 2 heterocycles. The standard InChI is InChI=1S/C20H20N2O8/c1-4-29-19(24)15-10-30-17(21-15)12-5-7-13(8-6-12)22-11-28-9-14(18(23)26-2)16(22)20(25)27-3/h5-8,10H,4,9,11H2,1-3H3. The van der Waals surface area contributed by atoms with Crippen LogP contribution in [0.3, 0.4) is 0 Å². The molecule has 2 aromatic rings. The lowest BCUT2D eigenvalue weighted by molar-refractivity contribution is -0.140. The van der Waals surface area contributed by atoms with Crippen molar-refractivity contribution in [1.82, 2.24) is 4.98 Å². The van der Waals surface area contributed by atoms with E-state index in [1.165, 1.54) is 25.4 Å². The fourth-order valence-corrected chi connectivity index (χ4v) is 2.84. The number of anilines is 1. The molecule has 1 aromatic carbocycles. The number of oxazole rings is 1. The predicted molar refractivity (Wildman–Crippen MR) is 102 cm³/mol. The Hall–Kier alpha value is -3.66. The molecule has 1 aliphatic rings. The van der Waals surface area contributed by atoms with Gasteiger partial charge < -0.3 is 28.3 Å². The molecule has 0 unspecified atom stereocenters. The smallest absolute Gasteiger partial charge is 0.360 e. The lowest BCUT2D eigenvalue weighted by atomic mass is 10.1. The first kappa shape index (κ1) is 21.1. The van der Waals surface area contributed by atoms with Crippen LogP contribution in [0.2, 0.25) is 0 Å². The highest BCUT2D eigenvalue weighted by Gasteiger charge is 2.32. The van der Waals surface area contributed by atoms with Gasteiger partial charge in [-0.05, 0) is 31.2 Å². The minimum Gasteiger partial charge on any atom is -0.466 e. The van der Waals surface area contributed by atoms with Gasteiger partial charge in [0.2, 0.25) is 5.89 Å². The Morgan fingerprint density at radius 3 is 2.40 bits per heavy atom. The van der Waals surface area contributed by atoms with Crippen LogP contribution in [-0.2, 0) is 28.5 Å². The van der Waals surface area contributed by atoms with E-state index in [4.69, 9.17) is 23.4 Å². The second-order valence-electron chi connectivity index (χ2n) is 6.02. The van der Waals surface area contributed by atoms with Gasteiger partial charge in [0, 0.05) is 11.3 Å². The Bertz CT molecular complexity index is 977. The number of hydrogen-bond acceptors (Lipinski definition) is 10. The molecular weight excluding hydrogens is 396 g/mol. The Kier molecular flexibility index (Phi) is 6.48. The summed E-state index contributed by atoms with van der Waals surface area (Å²) in [6.45, 7) is 1.90. The van der Waals surface area contributed by atoms with Crippen LogP contribution in [-0.4, -0.2) is 57.1 Å². The molecule has 1 aromatic heterocycles. The molecule has 1 aliphatic heterocycles. The maximum atomic E-state index is 12.3. The zero-order valence-corrected chi connectivity index (χ0v) is 16.7. The van der Waals surface area contributed by atoms with Crippen LogP contribution < -0.4 is 4.90 Å². The summed E-state index contributed by atoms with van der Waals surface area (Å²) >= 11 is 0. The first-order valence-corrected chi connectivity index (χ1v) is 8.98. The largest absolute Gasteiger partial charge is 0.466 e. The Labute approximate surface area is 172 Å². The van der Waals surface area contributed by atoms with Crippen LogP contribution in [0.4, 0.5) is 5.69 Å². The number of esters is 3. The second-order valence-corrected chi connectivity index (χ2v) is 6.02. The van der Waals surface area contributed by atoms with E-state index < -0.39 is 17.9 Å². The molecule has 0 N–H and O–H groups in total. The van der Waals surface area contributed by atoms with E-state index >= 15 is 0 Å². The van der Waals surface area contributed by atoms with Crippen molar-refractivity contribution in [2.45, 2.75) is 6.92 Å². The Balaban J connectivity index is 1.90. The average Bonchev–Trinajstić information content (AvgIpc) is 3.28. The Morgan fingerprint density at radius 1 is 1.07 bits per heavy atom. The maximum Gasteiger partial charge on any atom is 0.360 e. The van der Waals surface area contributed by atoms with E-state index in [9.17, 15) is 14.4 Å². The van der Waals surface area contributed by atoms with E-state index in [1.54, 1.807) is 31.2 Å². The quantitative estimate of drug-likeness (QED) is 0.510. The van der Waals surface area contributed by atoms with Crippen molar-refractivity contribution in [1.29, 1.82) is 0 Å². The Morgan fingerprint density at radius 2 is 1.77 bits per heavy atom. The number of rotatable bonds is 6. The summed E-state index contributed by atoms with van der Waals surface area (Å²) in [5.74, 6) is -1.70. The van der Waals surface area contributed by atoms with Crippen molar-refractivity contribution in [3.63, 3.8) is 0 Å². The summed E-state index contributed by atoms with van der Waals surface area (Å²) in [5.41, 5.74) is 1.34. The van der Waals surface area contributed by atoms with Gasteiger partial charge in [0.25, 0.3) is 0 Å². The number of carbonyl (C=O) groups is 3. The molecule has 0 saturated heterocycles. The van der Waals surface area contributed by atoms with E-state index in [0.717, 1.165) is 0 Å². The van der Waals surface area contributed by atoms with E-state index in [2.05, 4.69) is 4.98 Å². The van der Waals surface area contributed by atoms with Gasteiger partial charge in [-0.1, -0.05) is 0 Å². The average molecular weight is 416 g/mol. The summed E-state index contributed by atoms with van der Waals surface area (Å²) in [7, 11) is 2.45. The van der Waals surface area contributed by atoms with Crippen LogP contribution in [0.5, 0.6) is 0 Å². The third-order valence-corrected chi connectivity index (χ3v) is 4.25. The summed E-state index contributed by atoms with van der Waals surface area (Å²) in [6, 6.07) is 6.76. The van der Waals surface area contributed by atoms with Crippen LogP contribution >= 0.6 is 0 Å². The minimum absolute atomic E-state index is 0.0380. The molecule has 0 saturated carbocycles. The van der Waals surface area contributed by atoms with Gasteiger partial charge in [0.15, 0.2) is 5.69 Å². The molecule has 3 rings (SSSR count). The van der Waals surface area contributed by atoms with Crippen molar-refractivity contribution in [2.75, 3.05) is 39.1 Å². The van der Waals surface area contributed by atoms with Crippen molar-refractivity contribution in [2.24, 2.45) is 0 Å². The van der Waals surface area contributed by atoms with Gasteiger partial charge in [0.1, 0.15) is 18.7 Å². The molecular formula is C20H20N2O8.